The van der Waals surface area contributed by atoms with Gasteiger partial charge in [-0.2, -0.15) is 19.3 Å². The number of nitrogens with zero attached hydrogens (tertiary/aromatic N) is 5. The number of para-hydroxylation sites is 2. The Hall–Kier alpha value is -2.29. The summed E-state index contributed by atoms with van der Waals surface area (Å²) in [6, 6.07) is 10.9. The Morgan fingerprint density at radius 2 is 1.65 bits per heavy atom. The Morgan fingerprint density at radius 3 is 2.17 bits per heavy atom. The van der Waals surface area contributed by atoms with Crippen LogP contribution in [0, 0.1) is 27.4 Å². The van der Waals surface area contributed by atoms with Gasteiger partial charge in [-0.25, -0.2) is 0 Å². The van der Waals surface area contributed by atoms with E-state index in [1.54, 1.807) is 28.8 Å². The van der Waals surface area contributed by atoms with Gasteiger partial charge in [-0.15, -0.1) is 0 Å². The highest BCUT2D eigenvalue weighted by molar-refractivity contribution is 7.71. The van der Waals surface area contributed by atoms with Crippen molar-refractivity contribution in [2.24, 2.45) is 0 Å². The molecule has 0 spiro atoms. The molecule has 8 heteroatoms. The zero-order valence-electron chi connectivity index (χ0n) is 12.3. The number of alkyl halides is 2. The lowest BCUT2D eigenvalue weighted by atomic mass is 10.3. The zero-order valence-corrected chi connectivity index (χ0v) is 13.1. The van der Waals surface area contributed by atoms with Crippen LogP contribution in [0.1, 0.15) is 19.4 Å². The summed E-state index contributed by atoms with van der Waals surface area (Å²) in [7, 11) is 0. The summed E-state index contributed by atoms with van der Waals surface area (Å²) in [6.45, 7) is -1.55. The molecule has 0 aliphatic carbocycles. The number of fused-ring (bicyclic) bond motifs is 1. The fraction of sp³-hybridized carbons (Fsp3) is 0.400. The van der Waals surface area contributed by atoms with E-state index in [4.69, 9.17) is 22.7 Å². The molecule has 120 valence electrons. The van der Waals surface area contributed by atoms with E-state index >= 15 is 0 Å². The van der Waals surface area contributed by atoms with Crippen molar-refractivity contribution in [2.45, 2.75) is 26.1 Å². The van der Waals surface area contributed by atoms with Gasteiger partial charge in [0, 0.05) is 25.9 Å². The van der Waals surface area contributed by atoms with Crippen molar-refractivity contribution in [1.29, 1.82) is 10.5 Å². The molecule has 0 aliphatic rings. The van der Waals surface area contributed by atoms with Crippen molar-refractivity contribution in [2.75, 3.05) is 13.1 Å². The number of hydrogen-bond acceptors (Lipinski definition) is 4. The molecule has 0 amide bonds. The van der Waals surface area contributed by atoms with Crippen LogP contribution < -0.4 is 0 Å². The summed E-state index contributed by atoms with van der Waals surface area (Å²) in [6.07, 6.45) is 0.596. The van der Waals surface area contributed by atoms with Crippen molar-refractivity contribution >= 4 is 23.3 Å². The molecule has 2 aromatic rings. The first-order valence-electron chi connectivity index (χ1n) is 7.04. The van der Waals surface area contributed by atoms with Gasteiger partial charge in [0.25, 0.3) is 0 Å². The van der Waals surface area contributed by atoms with Gasteiger partial charge in [0.15, 0.2) is 4.77 Å². The van der Waals surface area contributed by atoms with E-state index < -0.39 is 6.55 Å². The lowest BCUT2D eigenvalue weighted by Crippen LogP contribution is -2.28. The molecule has 0 saturated heterocycles. The van der Waals surface area contributed by atoms with Crippen LogP contribution >= 0.6 is 12.2 Å². The number of aromatic nitrogens is 2. The van der Waals surface area contributed by atoms with Gasteiger partial charge in [-0.05, 0) is 24.4 Å². The Labute approximate surface area is 137 Å². The summed E-state index contributed by atoms with van der Waals surface area (Å²) in [5.74, 6) is 0. The van der Waals surface area contributed by atoms with Gasteiger partial charge in [0.2, 0.25) is 0 Å². The minimum Gasteiger partial charge on any atom is -0.303 e. The number of benzene rings is 1. The van der Waals surface area contributed by atoms with Crippen LogP contribution in [0.2, 0.25) is 0 Å². The first-order valence-corrected chi connectivity index (χ1v) is 7.45. The second-order valence-electron chi connectivity index (χ2n) is 4.92. The largest absolute Gasteiger partial charge is 0.321 e. The summed E-state index contributed by atoms with van der Waals surface area (Å²) < 4.78 is 29.1. The van der Waals surface area contributed by atoms with E-state index in [0.717, 1.165) is 4.57 Å². The molecule has 0 N–H and O–H groups in total. The minimum absolute atomic E-state index is 0.0279. The molecule has 0 atom stereocenters. The number of halogens is 2. The summed E-state index contributed by atoms with van der Waals surface area (Å²) in [5.41, 5.74) is 0.977. The van der Waals surface area contributed by atoms with E-state index in [1.807, 2.05) is 4.90 Å². The quantitative estimate of drug-likeness (QED) is 0.725. The van der Waals surface area contributed by atoms with Gasteiger partial charge in [-0.3, -0.25) is 9.47 Å². The maximum Gasteiger partial charge on any atom is 0.321 e. The Morgan fingerprint density at radius 1 is 1.09 bits per heavy atom. The predicted octanol–water partition coefficient (Wildman–Crippen LogP) is 3.65. The van der Waals surface area contributed by atoms with Crippen molar-refractivity contribution in [1.82, 2.24) is 14.0 Å². The van der Waals surface area contributed by atoms with Crippen molar-refractivity contribution < 1.29 is 8.78 Å². The smallest absolute Gasteiger partial charge is 0.303 e. The van der Waals surface area contributed by atoms with Crippen LogP contribution in [-0.4, -0.2) is 27.1 Å². The molecule has 0 saturated carbocycles. The molecule has 5 nitrogen and oxygen atoms in total. The Kier molecular flexibility index (Phi) is 5.80. The van der Waals surface area contributed by atoms with Crippen LogP contribution in [-0.2, 0) is 6.67 Å². The van der Waals surface area contributed by atoms with Gasteiger partial charge in [0.1, 0.15) is 0 Å². The molecule has 0 radical (unpaired) electrons. The molecule has 0 aliphatic heterocycles. The van der Waals surface area contributed by atoms with Crippen LogP contribution in [0.25, 0.3) is 11.0 Å². The van der Waals surface area contributed by atoms with Crippen LogP contribution in [0.15, 0.2) is 24.3 Å². The second kappa shape index (κ2) is 7.82. The van der Waals surface area contributed by atoms with E-state index in [9.17, 15) is 8.78 Å². The SMILES string of the molecule is N#CCCN(CCC#N)Cn1c(=S)n(C(F)F)c2ccccc21. The summed E-state index contributed by atoms with van der Waals surface area (Å²) in [5, 5.41) is 17.5. The Bertz CT molecular complexity index is 794. The number of imidazole rings is 1. The third-order valence-electron chi connectivity index (χ3n) is 3.49. The zero-order chi connectivity index (χ0) is 16.8. The lowest BCUT2D eigenvalue weighted by Gasteiger charge is -2.20. The normalized spacial score (nSPS) is 11.0. The first kappa shape index (κ1) is 17.1. The fourth-order valence-electron chi connectivity index (χ4n) is 2.43. The standard InChI is InChI=1S/C15H15F2N5S/c16-14(17)22-13-6-2-1-5-12(13)21(15(22)23)11-20(9-3-7-18)10-4-8-19/h1-2,5-6,14H,3-4,9-11H2. The van der Waals surface area contributed by atoms with E-state index in [1.165, 1.54) is 0 Å². The van der Waals surface area contributed by atoms with E-state index in [0.29, 0.717) is 37.0 Å². The maximum absolute atomic E-state index is 13.3. The summed E-state index contributed by atoms with van der Waals surface area (Å²) in [4.78, 5) is 1.87. The van der Waals surface area contributed by atoms with Gasteiger partial charge >= 0.3 is 6.55 Å². The molecular formula is C15H15F2N5S. The maximum atomic E-state index is 13.3. The predicted molar refractivity (Wildman–Crippen MR) is 84.0 cm³/mol. The van der Waals surface area contributed by atoms with Gasteiger partial charge in [0.05, 0.1) is 29.8 Å². The number of rotatable bonds is 7. The molecular weight excluding hydrogens is 320 g/mol. The second-order valence-corrected chi connectivity index (χ2v) is 5.29. The average Bonchev–Trinajstić information content (AvgIpc) is 2.82. The van der Waals surface area contributed by atoms with Crippen LogP contribution in [0.4, 0.5) is 8.78 Å². The molecule has 0 unspecified atom stereocenters. The molecule has 23 heavy (non-hydrogen) atoms. The lowest BCUT2D eigenvalue weighted by molar-refractivity contribution is 0.0716. The fourth-order valence-corrected chi connectivity index (χ4v) is 2.76. The van der Waals surface area contributed by atoms with Gasteiger partial charge < -0.3 is 4.57 Å². The average molecular weight is 335 g/mol. The third kappa shape index (κ3) is 3.73. The number of hydrogen-bond donors (Lipinski definition) is 0. The molecule has 1 aromatic heterocycles. The molecule has 1 heterocycles. The third-order valence-corrected chi connectivity index (χ3v) is 3.90. The number of nitriles is 2. The van der Waals surface area contributed by atoms with Crippen LogP contribution in [0.5, 0.6) is 0 Å². The molecule has 0 bridgehead atoms. The monoisotopic (exact) mass is 335 g/mol. The highest BCUT2D eigenvalue weighted by Crippen LogP contribution is 2.24. The molecule has 0 fully saturated rings. The highest BCUT2D eigenvalue weighted by Gasteiger charge is 2.18. The highest BCUT2D eigenvalue weighted by atomic mass is 32.1. The first-order chi connectivity index (χ1) is 11.1. The van der Waals surface area contributed by atoms with Crippen LogP contribution in [0.3, 0.4) is 0 Å². The van der Waals surface area contributed by atoms with E-state index in [2.05, 4.69) is 12.1 Å². The van der Waals surface area contributed by atoms with Crippen molar-refractivity contribution in [3.05, 3.63) is 29.0 Å². The van der Waals surface area contributed by atoms with Gasteiger partial charge in [-0.1, -0.05) is 12.1 Å². The topological polar surface area (TPSA) is 60.7 Å². The van der Waals surface area contributed by atoms with Crippen molar-refractivity contribution in [3.63, 3.8) is 0 Å². The van der Waals surface area contributed by atoms with E-state index in [-0.39, 0.29) is 11.4 Å². The molecule has 1 aromatic carbocycles. The minimum atomic E-state index is -2.72. The Balaban J connectivity index is 2.42. The molecule has 2 rings (SSSR count). The summed E-state index contributed by atoms with van der Waals surface area (Å²) >= 11 is 5.20. The van der Waals surface area contributed by atoms with Crippen molar-refractivity contribution in [3.8, 4) is 12.1 Å².